The van der Waals surface area contributed by atoms with Gasteiger partial charge in [0.25, 0.3) is 11.5 Å². The van der Waals surface area contributed by atoms with Crippen molar-refractivity contribution >= 4 is 40.0 Å². The first-order valence-corrected chi connectivity index (χ1v) is 8.97. The zero-order chi connectivity index (χ0) is 18.7. The molecule has 1 aromatic heterocycles. The van der Waals surface area contributed by atoms with Crippen molar-refractivity contribution in [1.82, 2.24) is 14.9 Å². The fourth-order valence-electron chi connectivity index (χ4n) is 2.74. The van der Waals surface area contributed by atoms with Gasteiger partial charge in [0.05, 0.1) is 28.0 Å². The van der Waals surface area contributed by atoms with Gasteiger partial charge in [0.1, 0.15) is 5.82 Å². The summed E-state index contributed by atoms with van der Waals surface area (Å²) in [6, 6.07) is 11.8. The molecule has 0 aliphatic heterocycles. The van der Waals surface area contributed by atoms with E-state index in [1.807, 2.05) is 6.92 Å². The molecule has 26 heavy (non-hydrogen) atoms. The lowest BCUT2D eigenvalue weighted by molar-refractivity contribution is 0.0739. The summed E-state index contributed by atoms with van der Waals surface area (Å²) in [7, 11) is 0. The average Bonchev–Trinajstić information content (AvgIpc) is 2.61. The Morgan fingerprint density at radius 1 is 1.19 bits per heavy atom. The summed E-state index contributed by atoms with van der Waals surface area (Å²) in [6.45, 7) is 2.67. The number of carbonyl (C=O) groups is 1. The summed E-state index contributed by atoms with van der Waals surface area (Å²) in [6.07, 6.45) is 0.764. The molecule has 0 saturated heterocycles. The number of rotatable bonds is 5. The Morgan fingerprint density at radius 2 is 1.96 bits per heavy atom. The van der Waals surface area contributed by atoms with Crippen molar-refractivity contribution in [1.29, 1.82) is 0 Å². The molecule has 0 spiro atoms. The Balaban J connectivity index is 1.95. The number of benzene rings is 2. The van der Waals surface area contributed by atoms with Gasteiger partial charge < -0.3 is 9.88 Å². The van der Waals surface area contributed by atoms with E-state index in [0.717, 1.165) is 6.42 Å². The molecule has 1 amide bonds. The molecular weight excluding hydrogens is 373 g/mol. The number of hydrogen-bond acceptors (Lipinski definition) is 3. The Kier molecular flexibility index (Phi) is 5.59. The second kappa shape index (κ2) is 7.89. The Hall–Kier alpha value is -2.37. The number of halogens is 2. The normalized spacial score (nSPS) is 10.9. The predicted octanol–water partition coefficient (Wildman–Crippen LogP) is 4.28. The third-order valence-corrected chi connectivity index (χ3v) is 4.51. The molecule has 5 nitrogen and oxygen atoms in total. The van der Waals surface area contributed by atoms with Gasteiger partial charge >= 0.3 is 0 Å². The minimum Gasteiger partial charge on any atom is -0.331 e. The number of amides is 1. The Labute approximate surface area is 160 Å². The minimum absolute atomic E-state index is 0.176. The van der Waals surface area contributed by atoms with Crippen molar-refractivity contribution in [2.24, 2.45) is 0 Å². The van der Waals surface area contributed by atoms with Crippen molar-refractivity contribution in [3.05, 3.63) is 74.3 Å². The molecule has 3 rings (SSSR count). The van der Waals surface area contributed by atoms with Gasteiger partial charge in [-0.2, -0.15) is 0 Å². The molecule has 0 saturated carbocycles. The number of H-pyrrole nitrogens is 1. The summed E-state index contributed by atoms with van der Waals surface area (Å²) in [5.74, 6) is 0.199. The molecular formula is C19H17Cl2N3O2. The SMILES string of the molecule is CCCN(Cc1nc2cc(Cl)ccc2c(=O)[nH]1)C(=O)c1ccccc1Cl. The summed E-state index contributed by atoms with van der Waals surface area (Å²) >= 11 is 12.1. The van der Waals surface area contributed by atoms with E-state index in [9.17, 15) is 9.59 Å². The van der Waals surface area contributed by atoms with Crippen LogP contribution in [-0.4, -0.2) is 27.3 Å². The van der Waals surface area contributed by atoms with Crippen LogP contribution < -0.4 is 5.56 Å². The predicted molar refractivity (Wildman–Crippen MR) is 104 cm³/mol. The number of nitrogens with zero attached hydrogens (tertiary/aromatic N) is 2. The number of aromatic nitrogens is 2. The molecule has 0 radical (unpaired) electrons. The highest BCUT2D eigenvalue weighted by Gasteiger charge is 2.19. The largest absolute Gasteiger partial charge is 0.331 e. The van der Waals surface area contributed by atoms with Gasteiger partial charge in [-0.05, 0) is 36.8 Å². The molecule has 0 atom stereocenters. The standard InChI is InChI=1S/C19H17Cl2N3O2/c1-2-9-24(19(26)13-5-3-4-6-15(13)21)11-17-22-16-10-12(20)7-8-14(16)18(25)23-17/h3-8,10H,2,9,11H2,1H3,(H,22,23,25). The Bertz CT molecular complexity index is 1020. The van der Waals surface area contributed by atoms with Crippen LogP contribution in [0.5, 0.6) is 0 Å². The van der Waals surface area contributed by atoms with E-state index in [0.29, 0.717) is 38.9 Å². The van der Waals surface area contributed by atoms with Crippen molar-refractivity contribution in [3.8, 4) is 0 Å². The number of fused-ring (bicyclic) bond motifs is 1. The maximum atomic E-state index is 12.9. The lowest BCUT2D eigenvalue weighted by Gasteiger charge is -2.22. The molecule has 0 fully saturated rings. The molecule has 0 unspecified atom stereocenters. The van der Waals surface area contributed by atoms with Crippen molar-refractivity contribution in [2.45, 2.75) is 19.9 Å². The lowest BCUT2D eigenvalue weighted by Crippen LogP contribution is -2.33. The van der Waals surface area contributed by atoms with E-state index in [1.54, 1.807) is 47.4 Å². The highest BCUT2D eigenvalue weighted by atomic mass is 35.5. The van der Waals surface area contributed by atoms with Gasteiger partial charge in [-0.15, -0.1) is 0 Å². The van der Waals surface area contributed by atoms with Gasteiger partial charge in [0.2, 0.25) is 0 Å². The lowest BCUT2D eigenvalue weighted by atomic mass is 10.2. The minimum atomic E-state index is -0.261. The van der Waals surface area contributed by atoms with Gasteiger partial charge in [-0.3, -0.25) is 9.59 Å². The van der Waals surface area contributed by atoms with Crippen LogP contribution in [0.3, 0.4) is 0 Å². The highest BCUT2D eigenvalue weighted by molar-refractivity contribution is 6.33. The van der Waals surface area contributed by atoms with Crippen LogP contribution >= 0.6 is 23.2 Å². The highest BCUT2D eigenvalue weighted by Crippen LogP contribution is 2.19. The van der Waals surface area contributed by atoms with Gasteiger partial charge in [-0.1, -0.05) is 42.3 Å². The van der Waals surface area contributed by atoms with Crippen LogP contribution in [-0.2, 0) is 6.54 Å². The van der Waals surface area contributed by atoms with Crippen LogP contribution in [0.4, 0.5) is 0 Å². The first-order valence-electron chi connectivity index (χ1n) is 8.22. The third kappa shape index (κ3) is 3.89. The zero-order valence-electron chi connectivity index (χ0n) is 14.1. The quantitative estimate of drug-likeness (QED) is 0.707. The molecule has 0 bridgehead atoms. The van der Waals surface area contributed by atoms with Gasteiger partial charge in [0.15, 0.2) is 0 Å². The van der Waals surface area contributed by atoms with Crippen molar-refractivity contribution in [3.63, 3.8) is 0 Å². The summed E-state index contributed by atoms with van der Waals surface area (Å²) in [5, 5.41) is 1.35. The van der Waals surface area contributed by atoms with Crippen molar-refractivity contribution < 1.29 is 4.79 Å². The first-order chi connectivity index (χ1) is 12.5. The molecule has 1 heterocycles. The molecule has 3 aromatic rings. The molecule has 1 N–H and O–H groups in total. The fourth-order valence-corrected chi connectivity index (χ4v) is 3.13. The topological polar surface area (TPSA) is 66.1 Å². The van der Waals surface area contributed by atoms with Crippen molar-refractivity contribution in [2.75, 3.05) is 6.54 Å². The van der Waals surface area contributed by atoms with Crippen LogP contribution in [0.25, 0.3) is 10.9 Å². The van der Waals surface area contributed by atoms with E-state index >= 15 is 0 Å². The summed E-state index contributed by atoms with van der Waals surface area (Å²) < 4.78 is 0. The fraction of sp³-hybridized carbons (Fsp3) is 0.211. The van der Waals surface area contributed by atoms with E-state index < -0.39 is 0 Å². The van der Waals surface area contributed by atoms with E-state index in [1.165, 1.54) is 0 Å². The number of aromatic amines is 1. The number of hydrogen-bond donors (Lipinski definition) is 1. The second-order valence-electron chi connectivity index (χ2n) is 5.88. The monoisotopic (exact) mass is 389 g/mol. The molecule has 2 aromatic carbocycles. The third-order valence-electron chi connectivity index (χ3n) is 3.94. The van der Waals surface area contributed by atoms with Crippen LogP contribution in [0, 0.1) is 0 Å². The summed E-state index contributed by atoms with van der Waals surface area (Å²) in [4.78, 5) is 34.0. The second-order valence-corrected chi connectivity index (χ2v) is 6.72. The van der Waals surface area contributed by atoms with Crippen LogP contribution in [0.15, 0.2) is 47.3 Å². The molecule has 0 aliphatic carbocycles. The smallest absolute Gasteiger partial charge is 0.258 e. The molecule has 134 valence electrons. The number of nitrogens with one attached hydrogen (secondary N) is 1. The first kappa shape index (κ1) is 18.4. The number of carbonyl (C=O) groups excluding carboxylic acids is 1. The van der Waals surface area contributed by atoms with E-state index in [4.69, 9.17) is 23.2 Å². The molecule has 7 heteroatoms. The average molecular weight is 390 g/mol. The maximum absolute atomic E-state index is 12.9. The van der Waals surface area contributed by atoms with E-state index in [2.05, 4.69) is 9.97 Å². The summed E-state index contributed by atoms with van der Waals surface area (Å²) in [5.41, 5.74) is 0.662. The van der Waals surface area contributed by atoms with E-state index in [-0.39, 0.29) is 18.0 Å². The van der Waals surface area contributed by atoms with Crippen LogP contribution in [0.2, 0.25) is 10.0 Å². The molecule has 0 aliphatic rings. The Morgan fingerprint density at radius 3 is 2.69 bits per heavy atom. The maximum Gasteiger partial charge on any atom is 0.258 e. The van der Waals surface area contributed by atoms with Gasteiger partial charge in [-0.25, -0.2) is 4.98 Å². The van der Waals surface area contributed by atoms with Crippen LogP contribution in [0.1, 0.15) is 29.5 Å². The van der Waals surface area contributed by atoms with Gasteiger partial charge in [0, 0.05) is 11.6 Å². The zero-order valence-corrected chi connectivity index (χ0v) is 15.6.